The van der Waals surface area contributed by atoms with E-state index in [2.05, 4.69) is 14.9 Å². The highest BCUT2D eigenvalue weighted by Gasteiger charge is 2.27. The van der Waals surface area contributed by atoms with Crippen molar-refractivity contribution < 1.29 is 17.9 Å². The summed E-state index contributed by atoms with van der Waals surface area (Å²) < 4.78 is 39.3. The van der Waals surface area contributed by atoms with Gasteiger partial charge in [-0.05, 0) is 6.42 Å². The number of aryl methyl sites for hydroxylation is 1. The van der Waals surface area contributed by atoms with Crippen molar-refractivity contribution in [3.63, 3.8) is 0 Å². The SMILES string of the molecule is Nc1cnn(CCCOCC(F)(F)F)n1. The zero-order valence-electron chi connectivity index (χ0n) is 7.87. The van der Waals surface area contributed by atoms with Gasteiger partial charge in [0.05, 0.1) is 12.7 Å². The van der Waals surface area contributed by atoms with Crippen molar-refractivity contribution in [2.24, 2.45) is 0 Å². The van der Waals surface area contributed by atoms with Gasteiger partial charge in [0.2, 0.25) is 0 Å². The standard InChI is InChI=1S/C7H11F3N4O/c8-7(9,10)5-15-3-1-2-14-12-4-6(11)13-14/h4H,1-3,5H2,(H2,11,13). The lowest BCUT2D eigenvalue weighted by atomic mass is 10.5. The summed E-state index contributed by atoms with van der Waals surface area (Å²) in [6.45, 7) is -0.822. The van der Waals surface area contributed by atoms with Gasteiger partial charge >= 0.3 is 6.18 Å². The molecule has 0 unspecified atom stereocenters. The first-order valence-electron chi connectivity index (χ1n) is 4.27. The lowest BCUT2D eigenvalue weighted by Crippen LogP contribution is -2.18. The molecule has 0 aliphatic heterocycles. The van der Waals surface area contributed by atoms with Crippen LogP contribution in [-0.2, 0) is 11.3 Å². The van der Waals surface area contributed by atoms with Crippen LogP contribution in [0, 0.1) is 0 Å². The molecule has 1 aromatic rings. The Morgan fingerprint density at radius 3 is 2.73 bits per heavy atom. The highest BCUT2D eigenvalue weighted by Crippen LogP contribution is 2.14. The zero-order valence-corrected chi connectivity index (χ0v) is 7.87. The number of hydrogen-bond donors (Lipinski definition) is 1. The predicted molar refractivity (Wildman–Crippen MR) is 45.9 cm³/mol. The molecule has 0 saturated heterocycles. The van der Waals surface area contributed by atoms with E-state index < -0.39 is 12.8 Å². The minimum atomic E-state index is -4.27. The number of halogens is 3. The number of alkyl halides is 3. The second kappa shape index (κ2) is 4.96. The molecule has 15 heavy (non-hydrogen) atoms. The van der Waals surface area contributed by atoms with Gasteiger partial charge in [0, 0.05) is 6.61 Å². The smallest absolute Gasteiger partial charge is 0.381 e. The molecule has 0 radical (unpaired) electrons. The van der Waals surface area contributed by atoms with Crippen molar-refractivity contribution in [1.29, 1.82) is 0 Å². The topological polar surface area (TPSA) is 66.0 Å². The molecule has 1 heterocycles. The Hall–Kier alpha value is -1.31. The van der Waals surface area contributed by atoms with E-state index in [0.717, 1.165) is 0 Å². The first-order valence-corrected chi connectivity index (χ1v) is 4.27. The summed E-state index contributed by atoms with van der Waals surface area (Å²) >= 11 is 0. The Bertz CT molecular complexity index is 299. The van der Waals surface area contributed by atoms with E-state index in [9.17, 15) is 13.2 Å². The Morgan fingerprint density at radius 2 is 2.20 bits per heavy atom. The molecule has 0 atom stereocenters. The number of anilines is 1. The van der Waals surface area contributed by atoms with Crippen LogP contribution in [0.15, 0.2) is 6.20 Å². The van der Waals surface area contributed by atoms with Crippen molar-refractivity contribution in [2.45, 2.75) is 19.1 Å². The fourth-order valence-corrected chi connectivity index (χ4v) is 0.914. The van der Waals surface area contributed by atoms with Crippen molar-refractivity contribution in [1.82, 2.24) is 15.0 Å². The van der Waals surface area contributed by atoms with Gasteiger partial charge in [0.25, 0.3) is 0 Å². The molecular formula is C7H11F3N4O. The van der Waals surface area contributed by atoms with Crippen LogP contribution in [0.25, 0.3) is 0 Å². The third-order valence-electron chi connectivity index (χ3n) is 1.47. The maximum atomic E-state index is 11.6. The third kappa shape index (κ3) is 5.21. The predicted octanol–water partition coefficient (Wildman–Crippen LogP) is 0.829. The quantitative estimate of drug-likeness (QED) is 0.752. The fraction of sp³-hybridized carbons (Fsp3) is 0.714. The van der Waals surface area contributed by atoms with E-state index in [1.54, 1.807) is 0 Å². The number of aromatic nitrogens is 3. The average Bonchev–Trinajstić information content (AvgIpc) is 2.49. The zero-order chi connectivity index (χ0) is 11.3. The van der Waals surface area contributed by atoms with E-state index in [1.807, 2.05) is 0 Å². The van der Waals surface area contributed by atoms with Gasteiger partial charge in [-0.2, -0.15) is 23.1 Å². The highest BCUT2D eigenvalue weighted by atomic mass is 19.4. The number of rotatable bonds is 5. The van der Waals surface area contributed by atoms with Gasteiger partial charge in [-0.15, -0.1) is 5.10 Å². The lowest BCUT2D eigenvalue weighted by Gasteiger charge is -2.06. The maximum absolute atomic E-state index is 11.6. The maximum Gasteiger partial charge on any atom is 0.411 e. The minimum Gasteiger partial charge on any atom is -0.381 e. The molecule has 86 valence electrons. The summed E-state index contributed by atoms with van der Waals surface area (Å²) in [4.78, 5) is 1.31. The first-order chi connectivity index (χ1) is 6.97. The summed E-state index contributed by atoms with van der Waals surface area (Å²) in [7, 11) is 0. The van der Waals surface area contributed by atoms with Crippen molar-refractivity contribution in [3.05, 3.63) is 6.20 Å². The minimum absolute atomic E-state index is 0.0148. The van der Waals surface area contributed by atoms with Gasteiger partial charge in [-0.3, -0.25) is 0 Å². The van der Waals surface area contributed by atoms with Crippen LogP contribution >= 0.6 is 0 Å². The molecule has 1 rings (SSSR count). The summed E-state index contributed by atoms with van der Waals surface area (Å²) in [5.41, 5.74) is 5.29. The summed E-state index contributed by atoms with van der Waals surface area (Å²) in [6, 6.07) is 0. The van der Waals surface area contributed by atoms with E-state index in [4.69, 9.17) is 5.73 Å². The second-order valence-electron chi connectivity index (χ2n) is 2.89. The van der Waals surface area contributed by atoms with Crippen molar-refractivity contribution in [3.8, 4) is 0 Å². The Balaban J connectivity index is 2.07. The number of ether oxygens (including phenoxy) is 1. The lowest BCUT2D eigenvalue weighted by molar-refractivity contribution is -0.174. The van der Waals surface area contributed by atoms with Crippen LogP contribution in [0.4, 0.5) is 19.0 Å². The molecule has 2 N–H and O–H groups in total. The highest BCUT2D eigenvalue weighted by molar-refractivity contribution is 5.19. The Morgan fingerprint density at radius 1 is 1.47 bits per heavy atom. The first kappa shape index (κ1) is 11.8. The molecular weight excluding hydrogens is 213 g/mol. The molecule has 0 aliphatic rings. The number of nitrogen functional groups attached to an aromatic ring is 1. The number of hydrogen-bond acceptors (Lipinski definition) is 4. The largest absolute Gasteiger partial charge is 0.411 e. The van der Waals surface area contributed by atoms with Crippen LogP contribution in [0.5, 0.6) is 0 Å². The van der Waals surface area contributed by atoms with Crippen LogP contribution < -0.4 is 5.73 Å². The molecule has 0 fully saturated rings. The van der Waals surface area contributed by atoms with E-state index >= 15 is 0 Å². The van der Waals surface area contributed by atoms with E-state index in [-0.39, 0.29) is 12.4 Å². The summed E-state index contributed by atoms with van der Waals surface area (Å²) in [5, 5.41) is 7.53. The van der Waals surface area contributed by atoms with Crippen LogP contribution in [-0.4, -0.2) is 34.4 Å². The number of nitrogens with two attached hydrogens (primary N) is 1. The van der Waals surface area contributed by atoms with E-state index in [0.29, 0.717) is 13.0 Å². The molecule has 0 amide bonds. The molecule has 0 bridgehead atoms. The Kier molecular flexibility index (Phi) is 3.89. The van der Waals surface area contributed by atoms with Gasteiger partial charge in [0.1, 0.15) is 6.61 Å². The van der Waals surface area contributed by atoms with Gasteiger partial charge in [-0.1, -0.05) is 0 Å². The second-order valence-corrected chi connectivity index (χ2v) is 2.89. The molecule has 0 spiro atoms. The average molecular weight is 224 g/mol. The fourth-order valence-electron chi connectivity index (χ4n) is 0.914. The summed E-state index contributed by atoms with van der Waals surface area (Å²) in [5.74, 6) is 0.284. The Labute approximate surface area is 84.0 Å². The normalized spacial score (nSPS) is 11.9. The van der Waals surface area contributed by atoms with E-state index in [1.165, 1.54) is 11.0 Å². The van der Waals surface area contributed by atoms with Crippen molar-refractivity contribution in [2.75, 3.05) is 18.9 Å². The monoisotopic (exact) mass is 224 g/mol. The van der Waals surface area contributed by atoms with Gasteiger partial charge in [-0.25, -0.2) is 0 Å². The number of nitrogens with zero attached hydrogens (tertiary/aromatic N) is 3. The summed E-state index contributed by atoms with van der Waals surface area (Å²) in [6.07, 6.45) is -2.49. The molecule has 0 saturated carbocycles. The van der Waals surface area contributed by atoms with Crippen LogP contribution in [0.3, 0.4) is 0 Å². The van der Waals surface area contributed by atoms with Crippen molar-refractivity contribution >= 4 is 5.82 Å². The molecule has 0 aliphatic carbocycles. The van der Waals surface area contributed by atoms with Gasteiger partial charge < -0.3 is 10.5 Å². The van der Waals surface area contributed by atoms with Gasteiger partial charge in [0.15, 0.2) is 5.82 Å². The molecule has 0 aromatic carbocycles. The molecule has 8 heteroatoms. The molecule has 5 nitrogen and oxygen atoms in total. The van der Waals surface area contributed by atoms with Crippen LogP contribution in [0.1, 0.15) is 6.42 Å². The third-order valence-corrected chi connectivity index (χ3v) is 1.47. The molecule has 1 aromatic heterocycles. The van der Waals surface area contributed by atoms with Crippen LogP contribution in [0.2, 0.25) is 0 Å².